The van der Waals surface area contributed by atoms with E-state index in [1.807, 2.05) is 37.3 Å². The van der Waals surface area contributed by atoms with Crippen molar-refractivity contribution in [2.75, 3.05) is 5.32 Å². The van der Waals surface area contributed by atoms with Crippen LogP contribution in [-0.2, 0) is 0 Å². The summed E-state index contributed by atoms with van der Waals surface area (Å²) in [6.07, 6.45) is 2.35. The Balaban J connectivity index is 1.60. The van der Waals surface area contributed by atoms with Gasteiger partial charge in [0.15, 0.2) is 0 Å². The molecule has 23 heavy (non-hydrogen) atoms. The Morgan fingerprint density at radius 3 is 2.70 bits per heavy atom. The van der Waals surface area contributed by atoms with Crippen LogP contribution in [0.2, 0.25) is 0 Å². The number of aromatic nitrogens is 3. The number of carbonyl (C=O) groups is 1. The summed E-state index contributed by atoms with van der Waals surface area (Å²) in [4.78, 5) is 17.7. The summed E-state index contributed by atoms with van der Waals surface area (Å²) in [5, 5.41) is 13.5. The van der Waals surface area contributed by atoms with Gasteiger partial charge in [-0.3, -0.25) is 10.1 Å². The highest BCUT2D eigenvalue weighted by molar-refractivity contribution is 7.16. The first kappa shape index (κ1) is 14.5. The quantitative estimate of drug-likeness (QED) is 0.775. The van der Waals surface area contributed by atoms with E-state index >= 15 is 0 Å². The van der Waals surface area contributed by atoms with Gasteiger partial charge in [-0.1, -0.05) is 41.7 Å². The van der Waals surface area contributed by atoms with Gasteiger partial charge < -0.3 is 0 Å². The third-order valence-corrected chi connectivity index (χ3v) is 5.55. The van der Waals surface area contributed by atoms with Crippen molar-refractivity contribution in [2.24, 2.45) is 0 Å². The zero-order valence-electron chi connectivity index (χ0n) is 12.4. The van der Waals surface area contributed by atoms with E-state index in [0.29, 0.717) is 15.9 Å². The predicted molar refractivity (Wildman–Crippen MR) is 92.1 cm³/mol. The molecule has 2 aromatic heterocycles. The Labute approximate surface area is 141 Å². The van der Waals surface area contributed by atoms with Gasteiger partial charge in [0.2, 0.25) is 5.13 Å². The van der Waals surface area contributed by atoms with Gasteiger partial charge in [-0.15, -0.1) is 21.5 Å². The van der Waals surface area contributed by atoms with Gasteiger partial charge in [-0.2, -0.15) is 0 Å². The highest BCUT2D eigenvalue weighted by Crippen LogP contribution is 2.42. The Morgan fingerprint density at radius 1 is 1.17 bits per heavy atom. The molecule has 0 radical (unpaired) electrons. The molecule has 116 valence electrons. The number of thiazole rings is 1. The summed E-state index contributed by atoms with van der Waals surface area (Å²) in [5.41, 5.74) is 1.66. The van der Waals surface area contributed by atoms with Crippen LogP contribution < -0.4 is 5.32 Å². The molecule has 0 atom stereocenters. The van der Waals surface area contributed by atoms with Crippen molar-refractivity contribution < 1.29 is 4.79 Å². The third-order valence-electron chi connectivity index (χ3n) is 3.58. The molecule has 5 nitrogen and oxygen atoms in total. The molecular weight excluding hydrogens is 328 g/mol. The van der Waals surface area contributed by atoms with Crippen molar-refractivity contribution in [1.82, 2.24) is 15.2 Å². The maximum Gasteiger partial charge on any atom is 0.269 e. The second kappa shape index (κ2) is 5.82. The van der Waals surface area contributed by atoms with Crippen LogP contribution in [0.15, 0.2) is 30.3 Å². The lowest BCUT2D eigenvalue weighted by Crippen LogP contribution is -2.11. The van der Waals surface area contributed by atoms with Crippen molar-refractivity contribution in [3.63, 3.8) is 0 Å². The van der Waals surface area contributed by atoms with E-state index in [-0.39, 0.29) is 5.91 Å². The molecule has 0 bridgehead atoms. The van der Waals surface area contributed by atoms with Gasteiger partial charge in [-0.05, 0) is 19.8 Å². The monoisotopic (exact) mass is 342 g/mol. The maximum atomic E-state index is 12.6. The highest BCUT2D eigenvalue weighted by atomic mass is 32.1. The van der Waals surface area contributed by atoms with Gasteiger partial charge in [0.05, 0.1) is 10.7 Å². The maximum absolute atomic E-state index is 12.6. The zero-order valence-corrected chi connectivity index (χ0v) is 14.1. The SMILES string of the molecule is Cc1nc(-c2ccccc2)c(C(=O)Nc2nnc(C3CC3)s2)s1. The van der Waals surface area contributed by atoms with Crippen molar-refractivity contribution in [2.45, 2.75) is 25.7 Å². The average Bonchev–Trinajstić information content (AvgIpc) is 3.18. The summed E-state index contributed by atoms with van der Waals surface area (Å²) in [6.45, 7) is 1.91. The second-order valence-corrected chi connectivity index (χ2v) is 7.66. The van der Waals surface area contributed by atoms with Gasteiger partial charge in [-0.25, -0.2) is 4.98 Å². The molecule has 1 saturated carbocycles. The molecule has 1 N–H and O–H groups in total. The summed E-state index contributed by atoms with van der Waals surface area (Å²) in [7, 11) is 0. The normalized spacial score (nSPS) is 14.0. The number of nitrogens with one attached hydrogen (secondary N) is 1. The number of aryl methyl sites for hydroxylation is 1. The molecule has 0 unspecified atom stereocenters. The highest BCUT2D eigenvalue weighted by Gasteiger charge is 2.28. The van der Waals surface area contributed by atoms with Gasteiger partial charge >= 0.3 is 0 Å². The standard InChI is InChI=1S/C16H14N4OS2/c1-9-17-12(10-5-3-2-4-6-10)13(22-9)14(21)18-16-20-19-15(23-16)11-7-8-11/h2-6,11H,7-8H2,1H3,(H,18,20,21). The van der Waals surface area contributed by atoms with E-state index in [2.05, 4.69) is 20.5 Å². The van der Waals surface area contributed by atoms with E-state index in [4.69, 9.17) is 0 Å². The smallest absolute Gasteiger partial charge is 0.269 e. The summed E-state index contributed by atoms with van der Waals surface area (Å²) in [5.74, 6) is 0.372. The van der Waals surface area contributed by atoms with Gasteiger partial charge in [0, 0.05) is 11.5 Å². The van der Waals surface area contributed by atoms with Crippen LogP contribution >= 0.6 is 22.7 Å². The molecule has 7 heteroatoms. The van der Waals surface area contributed by atoms with Crippen molar-refractivity contribution in [3.8, 4) is 11.3 Å². The number of hydrogen-bond donors (Lipinski definition) is 1. The fourth-order valence-electron chi connectivity index (χ4n) is 2.31. The molecule has 4 rings (SSSR count). The topological polar surface area (TPSA) is 67.8 Å². The van der Waals surface area contributed by atoms with Crippen molar-refractivity contribution in [3.05, 3.63) is 45.2 Å². The van der Waals surface area contributed by atoms with Crippen LogP contribution in [0.5, 0.6) is 0 Å². The fraction of sp³-hybridized carbons (Fsp3) is 0.250. The largest absolute Gasteiger partial charge is 0.296 e. The fourth-order valence-corrected chi connectivity index (χ4v) is 4.05. The summed E-state index contributed by atoms with van der Waals surface area (Å²) >= 11 is 2.86. The van der Waals surface area contributed by atoms with Crippen molar-refractivity contribution in [1.29, 1.82) is 0 Å². The predicted octanol–water partition coefficient (Wildman–Crippen LogP) is 4.10. The van der Waals surface area contributed by atoms with E-state index < -0.39 is 0 Å². The van der Waals surface area contributed by atoms with E-state index in [9.17, 15) is 4.79 Å². The summed E-state index contributed by atoms with van der Waals surface area (Å²) < 4.78 is 0. The summed E-state index contributed by atoms with van der Waals surface area (Å²) in [6, 6.07) is 9.75. The van der Waals surface area contributed by atoms with Crippen LogP contribution in [0.25, 0.3) is 11.3 Å². The molecule has 1 amide bonds. The Bertz CT molecular complexity index is 852. The minimum absolute atomic E-state index is 0.173. The molecule has 0 aliphatic heterocycles. The molecule has 1 aliphatic carbocycles. The van der Waals surface area contributed by atoms with Crippen LogP contribution in [0.4, 0.5) is 5.13 Å². The molecule has 0 spiro atoms. The van der Waals surface area contributed by atoms with Crippen LogP contribution in [0, 0.1) is 6.92 Å². The second-order valence-electron chi connectivity index (χ2n) is 5.45. The molecular formula is C16H14N4OS2. The first-order valence-electron chi connectivity index (χ1n) is 7.38. The first-order chi connectivity index (χ1) is 11.2. The molecule has 0 saturated heterocycles. The van der Waals surface area contributed by atoms with Crippen LogP contribution in [0.3, 0.4) is 0 Å². The van der Waals surface area contributed by atoms with Gasteiger partial charge in [0.25, 0.3) is 5.91 Å². The number of amides is 1. The lowest BCUT2D eigenvalue weighted by molar-refractivity contribution is 0.103. The van der Waals surface area contributed by atoms with Gasteiger partial charge in [0.1, 0.15) is 9.88 Å². The minimum Gasteiger partial charge on any atom is -0.296 e. The van der Waals surface area contributed by atoms with E-state index in [0.717, 1.165) is 21.3 Å². The number of rotatable bonds is 4. The molecule has 1 fully saturated rings. The van der Waals surface area contributed by atoms with E-state index in [1.54, 1.807) is 0 Å². The number of hydrogen-bond acceptors (Lipinski definition) is 6. The number of nitrogens with zero attached hydrogens (tertiary/aromatic N) is 3. The van der Waals surface area contributed by atoms with Crippen LogP contribution in [-0.4, -0.2) is 21.1 Å². The average molecular weight is 342 g/mol. The van der Waals surface area contributed by atoms with Crippen LogP contribution in [0.1, 0.15) is 38.4 Å². The number of carbonyl (C=O) groups excluding carboxylic acids is 1. The zero-order chi connectivity index (χ0) is 15.8. The first-order valence-corrected chi connectivity index (χ1v) is 9.01. The number of anilines is 1. The molecule has 1 aliphatic rings. The Hall–Kier alpha value is -2.12. The lowest BCUT2D eigenvalue weighted by Gasteiger charge is -2.02. The Morgan fingerprint density at radius 2 is 1.96 bits per heavy atom. The van der Waals surface area contributed by atoms with E-state index in [1.165, 1.54) is 35.5 Å². The Kier molecular flexibility index (Phi) is 3.66. The van der Waals surface area contributed by atoms with Crippen molar-refractivity contribution >= 4 is 33.7 Å². The number of benzene rings is 1. The molecule has 2 heterocycles. The minimum atomic E-state index is -0.173. The molecule has 3 aromatic rings. The molecule has 1 aromatic carbocycles. The lowest BCUT2D eigenvalue weighted by atomic mass is 10.1. The third kappa shape index (κ3) is 3.02.